The predicted octanol–water partition coefficient (Wildman–Crippen LogP) is 4.12. The van der Waals surface area contributed by atoms with Gasteiger partial charge in [0.15, 0.2) is 0 Å². The molecule has 2 heterocycles. The molecule has 0 amide bonds. The minimum absolute atomic E-state index is 0.754. The van der Waals surface area contributed by atoms with E-state index in [0.29, 0.717) is 0 Å². The van der Waals surface area contributed by atoms with E-state index in [1.54, 1.807) is 6.33 Å². The number of aryl methyl sites for hydroxylation is 1. The van der Waals surface area contributed by atoms with Gasteiger partial charge in [0.2, 0.25) is 0 Å². The summed E-state index contributed by atoms with van der Waals surface area (Å²) >= 11 is 0. The van der Waals surface area contributed by atoms with E-state index < -0.39 is 0 Å². The standard InChI is InChI=1S/C24H29N5O/c1-20-7-5-8-21(17-20)27-23-18-24(26-19-25-23)29-14-12-28(13-15-29)11-6-16-30-22-9-3-2-4-10-22/h2-5,7-10,17-19H,6,11-16H2,1H3,(H,25,26,27). The third-order valence-corrected chi connectivity index (χ3v) is 5.27. The summed E-state index contributed by atoms with van der Waals surface area (Å²) in [5.41, 5.74) is 2.27. The normalized spacial score (nSPS) is 14.5. The van der Waals surface area contributed by atoms with Gasteiger partial charge in [-0.1, -0.05) is 30.3 Å². The molecule has 0 saturated carbocycles. The topological polar surface area (TPSA) is 53.5 Å². The quantitative estimate of drug-likeness (QED) is 0.571. The highest BCUT2D eigenvalue weighted by molar-refractivity contribution is 5.60. The molecule has 1 fully saturated rings. The van der Waals surface area contributed by atoms with E-state index in [9.17, 15) is 0 Å². The van der Waals surface area contributed by atoms with Crippen molar-refractivity contribution in [3.63, 3.8) is 0 Å². The van der Waals surface area contributed by atoms with E-state index in [-0.39, 0.29) is 0 Å². The van der Waals surface area contributed by atoms with Gasteiger partial charge < -0.3 is 15.0 Å². The third kappa shape index (κ3) is 5.70. The predicted molar refractivity (Wildman–Crippen MR) is 122 cm³/mol. The van der Waals surface area contributed by atoms with Crippen molar-refractivity contribution < 1.29 is 4.74 Å². The first-order valence-corrected chi connectivity index (χ1v) is 10.6. The first-order valence-electron chi connectivity index (χ1n) is 10.6. The van der Waals surface area contributed by atoms with Crippen molar-refractivity contribution in [1.29, 1.82) is 0 Å². The van der Waals surface area contributed by atoms with Crippen LogP contribution in [0.25, 0.3) is 0 Å². The molecule has 1 aliphatic heterocycles. The van der Waals surface area contributed by atoms with Gasteiger partial charge in [0.25, 0.3) is 0 Å². The van der Waals surface area contributed by atoms with Gasteiger partial charge >= 0.3 is 0 Å². The summed E-state index contributed by atoms with van der Waals surface area (Å²) in [6.45, 7) is 7.92. The molecule has 156 valence electrons. The highest BCUT2D eigenvalue weighted by Gasteiger charge is 2.18. The molecule has 0 radical (unpaired) electrons. The molecule has 0 bridgehead atoms. The number of piperazine rings is 1. The van der Waals surface area contributed by atoms with Gasteiger partial charge in [-0.2, -0.15) is 0 Å². The first kappa shape index (κ1) is 20.2. The molecule has 6 heteroatoms. The van der Waals surface area contributed by atoms with Crippen LogP contribution in [0.2, 0.25) is 0 Å². The van der Waals surface area contributed by atoms with Crippen molar-refractivity contribution in [1.82, 2.24) is 14.9 Å². The maximum Gasteiger partial charge on any atom is 0.135 e. The number of rotatable bonds is 8. The van der Waals surface area contributed by atoms with Crippen molar-refractivity contribution >= 4 is 17.3 Å². The molecule has 1 aliphatic rings. The van der Waals surface area contributed by atoms with E-state index in [1.165, 1.54) is 5.56 Å². The van der Waals surface area contributed by atoms with Crippen LogP contribution in [0.3, 0.4) is 0 Å². The second-order valence-electron chi connectivity index (χ2n) is 7.60. The van der Waals surface area contributed by atoms with Crippen LogP contribution in [0.4, 0.5) is 17.3 Å². The Hall–Kier alpha value is -3.12. The second-order valence-corrected chi connectivity index (χ2v) is 7.60. The number of anilines is 3. The van der Waals surface area contributed by atoms with Crippen LogP contribution in [0.1, 0.15) is 12.0 Å². The summed E-state index contributed by atoms with van der Waals surface area (Å²) < 4.78 is 5.80. The van der Waals surface area contributed by atoms with Crippen LogP contribution < -0.4 is 15.0 Å². The molecule has 30 heavy (non-hydrogen) atoms. The lowest BCUT2D eigenvalue weighted by molar-refractivity contribution is 0.224. The molecular weight excluding hydrogens is 374 g/mol. The van der Waals surface area contributed by atoms with Gasteiger partial charge in [-0.3, -0.25) is 4.90 Å². The largest absolute Gasteiger partial charge is 0.494 e. The average molecular weight is 404 g/mol. The number of hydrogen-bond donors (Lipinski definition) is 1. The Labute approximate surface area is 178 Å². The van der Waals surface area contributed by atoms with Gasteiger partial charge in [-0.05, 0) is 43.2 Å². The highest BCUT2D eigenvalue weighted by atomic mass is 16.5. The number of benzene rings is 2. The number of nitrogens with one attached hydrogen (secondary N) is 1. The summed E-state index contributed by atoms with van der Waals surface area (Å²) in [7, 11) is 0. The van der Waals surface area contributed by atoms with Crippen LogP contribution in [0, 0.1) is 6.92 Å². The Kier molecular flexibility index (Phi) is 6.77. The van der Waals surface area contributed by atoms with Gasteiger partial charge in [0, 0.05) is 44.5 Å². The lowest BCUT2D eigenvalue weighted by Crippen LogP contribution is -2.47. The van der Waals surface area contributed by atoms with Crippen LogP contribution in [0.5, 0.6) is 5.75 Å². The minimum Gasteiger partial charge on any atom is -0.494 e. The molecule has 0 unspecified atom stereocenters. The molecule has 6 nitrogen and oxygen atoms in total. The molecule has 1 aromatic heterocycles. The SMILES string of the molecule is Cc1cccc(Nc2cc(N3CCN(CCCOc4ccccc4)CC3)ncn2)c1. The number of ether oxygens (including phenoxy) is 1. The Bertz CT molecular complexity index is 926. The lowest BCUT2D eigenvalue weighted by atomic mass is 10.2. The van der Waals surface area contributed by atoms with Gasteiger partial charge in [-0.15, -0.1) is 0 Å². The zero-order valence-corrected chi connectivity index (χ0v) is 17.5. The van der Waals surface area contributed by atoms with Crippen LogP contribution in [-0.4, -0.2) is 54.2 Å². The number of hydrogen-bond acceptors (Lipinski definition) is 6. The van der Waals surface area contributed by atoms with E-state index in [4.69, 9.17) is 4.74 Å². The Morgan fingerprint density at radius 1 is 0.933 bits per heavy atom. The molecule has 3 aromatic rings. The lowest BCUT2D eigenvalue weighted by Gasteiger charge is -2.35. The van der Waals surface area contributed by atoms with Crippen molar-refractivity contribution in [2.24, 2.45) is 0 Å². The Morgan fingerprint density at radius 3 is 2.57 bits per heavy atom. The summed E-state index contributed by atoms with van der Waals surface area (Å²) in [6, 6.07) is 20.3. The maximum absolute atomic E-state index is 5.80. The Morgan fingerprint density at radius 2 is 1.77 bits per heavy atom. The summed E-state index contributed by atoms with van der Waals surface area (Å²) in [6.07, 6.45) is 2.67. The second kappa shape index (κ2) is 10.1. The molecule has 1 N–H and O–H groups in total. The first-order chi connectivity index (χ1) is 14.8. The van der Waals surface area contributed by atoms with Crippen molar-refractivity contribution in [3.05, 3.63) is 72.6 Å². The minimum atomic E-state index is 0.754. The molecular formula is C24H29N5O. The Balaban J connectivity index is 1.23. The monoisotopic (exact) mass is 403 g/mol. The number of nitrogens with zero attached hydrogens (tertiary/aromatic N) is 4. The summed E-state index contributed by atoms with van der Waals surface area (Å²) in [4.78, 5) is 13.7. The van der Waals surface area contributed by atoms with Gasteiger partial charge in [0.1, 0.15) is 23.7 Å². The summed E-state index contributed by atoms with van der Waals surface area (Å²) in [5.74, 6) is 2.75. The molecule has 0 atom stereocenters. The average Bonchev–Trinajstić information content (AvgIpc) is 2.78. The van der Waals surface area contributed by atoms with Crippen molar-refractivity contribution in [2.45, 2.75) is 13.3 Å². The fraction of sp³-hybridized carbons (Fsp3) is 0.333. The molecule has 4 rings (SSSR count). The van der Waals surface area contributed by atoms with Crippen LogP contribution >= 0.6 is 0 Å². The number of aromatic nitrogens is 2. The maximum atomic E-state index is 5.80. The van der Waals surface area contributed by atoms with Crippen LogP contribution in [0.15, 0.2) is 67.0 Å². The molecule has 0 spiro atoms. The van der Waals surface area contributed by atoms with E-state index >= 15 is 0 Å². The zero-order valence-electron chi connectivity index (χ0n) is 17.5. The van der Waals surface area contributed by atoms with E-state index in [2.05, 4.69) is 50.2 Å². The number of para-hydroxylation sites is 1. The van der Waals surface area contributed by atoms with E-state index in [0.717, 1.165) is 68.8 Å². The smallest absolute Gasteiger partial charge is 0.135 e. The fourth-order valence-electron chi connectivity index (χ4n) is 3.65. The summed E-state index contributed by atoms with van der Waals surface area (Å²) in [5, 5.41) is 3.38. The van der Waals surface area contributed by atoms with Crippen LogP contribution in [-0.2, 0) is 0 Å². The van der Waals surface area contributed by atoms with Gasteiger partial charge in [0.05, 0.1) is 6.61 Å². The fourth-order valence-corrected chi connectivity index (χ4v) is 3.65. The molecule has 0 aliphatic carbocycles. The molecule has 1 saturated heterocycles. The van der Waals surface area contributed by atoms with Crippen molar-refractivity contribution in [2.75, 3.05) is 49.5 Å². The zero-order chi connectivity index (χ0) is 20.6. The van der Waals surface area contributed by atoms with E-state index in [1.807, 2.05) is 42.5 Å². The van der Waals surface area contributed by atoms with Gasteiger partial charge in [-0.25, -0.2) is 9.97 Å². The highest BCUT2D eigenvalue weighted by Crippen LogP contribution is 2.20. The molecule has 2 aromatic carbocycles. The van der Waals surface area contributed by atoms with Crippen molar-refractivity contribution in [3.8, 4) is 5.75 Å². The third-order valence-electron chi connectivity index (χ3n) is 5.27.